The van der Waals surface area contributed by atoms with E-state index < -0.39 is 12.2 Å². The Morgan fingerprint density at radius 3 is 2.51 bits per heavy atom. The second kappa shape index (κ2) is 11.0. The third-order valence-corrected chi connectivity index (χ3v) is 6.94. The predicted molar refractivity (Wildman–Crippen MR) is 133 cm³/mol. The first kappa shape index (κ1) is 24.8. The number of hydrogen-bond donors (Lipinski definition) is 3. The average Bonchev–Trinajstić information content (AvgIpc) is 3.56. The second-order valence-electron chi connectivity index (χ2n) is 9.82. The van der Waals surface area contributed by atoms with Crippen molar-refractivity contribution in [3.63, 3.8) is 0 Å². The van der Waals surface area contributed by atoms with Gasteiger partial charge < -0.3 is 20.9 Å². The molecule has 3 N–H and O–H groups in total. The van der Waals surface area contributed by atoms with Gasteiger partial charge in [-0.1, -0.05) is 11.8 Å². The summed E-state index contributed by atoms with van der Waals surface area (Å²) >= 11 is 0. The lowest BCUT2D eigenvalue weighted by Gasteiger charge is -2.25. The number of benzene rings is 1. The van der Waals surface area contributed by atoms with Gasteiger partial charge in [0.15, 0.2) is 0 Å². The quantitative estimate of drug-likeness (QED) is 0.502. The van der Waals surface area contributed by atoms with Crippen LogP contribution in [0.5, 0.6) is 0 Å². The van der Waals surface area contributed by atoms with E-state index in [9.17, 15) is 18.8 Å². The maximum Gasteiger partial charge on any atom is 0.251 e. The third-order valence-electron chi connectivity index (χ3n) is 6.94. The van der Waals surface area contributed by atoms with Crippen LogP contribution in [0.1, 0.15) is 47.2 Å². The summed E-state index contributed by atoms with van der Waals surface area (Å²) in [5, 5.41) is 16.3. The number of nitrogens with zero attached hydrogens (tertiary/aromatic N) is 3. The molecule has 2 aliphatic heterocycles. The Morgan fingerprint density at radius 1 is 1.05 bits per heavy atom. The Labute approximate surface area is 214 Å². The minimum Gasteiger partial charge on any atom is -0.350 e. The topological polar surface area (TPSA) is 116 Å². The van der Waals surface area contributed by atoms with Gasteiger partial charge in [0, 0.05) is 54.7 Å². The summed E-state index contributed by atoms with van der Waals surface area (Å²) in [7, 11) is 0. The van der Waals surface area contributed by atoms with Crippen LogP contribution in [0.2, 0.25) is 0 Å². The van der Waals surface area contributed by atoms with Crippen LogP contribution in [-0.4, -0.2) is 76.8 Å². The number of likely N-dealkylation sites (tertiary alicyclic amines) is 1. The molecule has 3 heterocycles. The van der Waals surface area contributed by atoms with Crippen LogP contribution in [0.3, 0.4) is 0 Å². The Bertz CT molecular complexity index is 1210. The van der Waals surface area contributed by atoms with Gasteiger partial charge in [-0.25, -0.2) is 4.39 Å². The molecular formula is C27H29FN6O3. The molecule has 1 aliphatic carbocycles. The molecule has 3 amide bonds. The van der Waals surface area contributed by atoms with Crippen LogP contribution in [0.4, 0.5) is 4.39 Å². The van der Waals surface area contributed by atoms with E-state index >= 15 is 0 Å². The smallest absolute Gasteiger partial charge is 0.251 e. The van der Waals surface area contributed by atoms with E-state index in [0.29, 0.717) is 18.5 Å². The van der Waals surface area contributed by atoms with Crippen molar-refractivity contribution in [2.45, 2.75) is 50.0 Å². The van der Waals surface area contributed by atoms with Crippen LogP contribution in [0.25, 0.3) is 0 Å². The van der Waals surface area contributed by atoms with Gasteiger partial charge in [-0.2, -0.15) is 10.2 Å². The molecule has 3 fully saturated rings. The number of aromatic nitrogens is 2. The van der Waals surface area contributed by atoms with Crippen molar-refractivity contribution in [3.05, 3.63) is 59.4 Å². The largest absolute Gasteiger partial charge is 0.350 e. The van der Waals surface area contributed by atoms with Gasteiger partial charge in [0.25, 0.3) is 5.91 Å². The molecule has 5 rings (SSSR count). The number of carbonyl (C=O) groups excluding carboxylic acids is 3. The maximum atomic E-state index is 13.5. The Hall–Kier alpha value is -3.84. The molecule has 0 spiro atoms. The molecule has 1 saturated carbocycles. The number of rotatable bonds is 6. The zero-order valence-corrected chi connectivity index (χ0v) is 20.3. The first-order valence-electron chi connectivity index (χ1n) is 12.6. The molecule has 4 atom stereocenters. The normalized spacial score (nSPS) is 24.7. The maximum absolute atomic E-state index is 13.5. The molecule has 3 aliphatic rings. The van der Waals surface area contributed by atoms with Crippen LogP contribution in [-0.2, 0) is 9.59 Å². The molecule has 10 heteroatoms. The molecule has 1 aromatic heterocycles. The van der Waals surface area contributed by atoms with Gasteiger partial charge in [-0.05, 0) is 49.6 Å². The molecule has 1 aromatic carbocycles. The fourth-order valence-corrected chi connectivity index (χ4v) is 4.77. The number of carbonyl (C=O) groups is 3. The van der Waals surface area contributed by atoms with E-state index in [2.05, 4.69) is 38.0 Å². The van der Waals surface area contributed by atoms with Crippen molar-refractivity contribution >= 4 is 17.7 Å². The highest BCUT2D eigenvalue weighted by atomic mass is 19.1. The second-order valence-corrected chi connectivity index (χ2v) is 9.82. The van der Waals surface area contributed by atoms with Crippen LogP contribution in [0, 0.1) is 17.8 Å². The van der Waals surface area contributed by atoms with Crippen molar-refractivity contribution in [3.8, 4) is 11.8 Å². The van der Waals surface area contributed by atoms with Gasteiger partial charge in [0.05, 0.1) is 24.5 Å². The van der Waals surface area contributed by atoms with Crippen LogP contribution in [0.15, 0.2) is 42.7 Å². The van der Waals surface area contributed by atoms with Crippen LogP contribution < -0.4 is 16.0 Å². The van der Waals surface area contributed by atoms with Crippen molar-refractivity contribution in [2.75, 3.05) is 19.6 Å². The highest BCUT2D eigenvalue weighted by molar-refractivity contribution is 5.94. The fraction of sp³-hybridized carbons (Fsp3) is 0.444. The Morgan fingerprint density at radius 2 is 1.84 bits per heavy atom. The Balaban J connectivity index is 1.17. The van der Waals surface area contributed by atoms with Crippen molar-refractivity contribution in [2.24, 2.45) is 5.92 Å². The monoisotopic (exact) mass is 504 g/mol. The number of amides is 3. The summed E-state index contributed by atoms with van der Waals surface area (Å²) in [6, 6.07) is 7.75. The number of nitrogens with one attached hydrogen (secondary N) is 3. The molecule has 9 nitrogen and oxygen atoms in total. The predicted octanol–water partition coefficient (Wildman–Crippen LogP) is 0.802. The molecule has 0 bridgehead atoms. The third kappa shape index (κ3) is 6.30. The summed E-state index contributed by atoms with van der Waals surface area (Å²) in [6.45, 7) is 0.863. The Kier molecular flexibility index (Phi) is 7.42. The summed E-state index contributed by atoms with van der Waals surface area (Å²) < 4.78 is 13.5. The molecule has 192 valence electrons. The van der Waals surface area contributed by atoms with Gasteiger partial charge in [0.1, 0.15) is 6.17 Å². The molecule has 37 heavy (non-hydrogen) atoms. The van der Waals surface area contributed by atoms with E-state index in [1.807, 2.05) is 0 Å². The fourth-order valence-electron chi connectivity index (χ4n) is 4.77. The minimum absolute atomic E-state index is 0.0352. The van der Waals surface area contributed by atoms with Crippen molar-refractivity contribution in [1.29, 1.82) is 0 Å². The molecule has 0 unspecified atom stereocenters. The highest BCUT2D eigenvalue weighted by Gasteiger charge is 2.42. The van der Waals surface area contributed by atoms with Crippen LogP contribution >= 0.6 is 0 Å². The zero-order valence-electron chi connectivity index (χ0n) is 20.3. The molecule has 0 radical (unpaired) electrons. The summed E-state index contributed by atoms with van der Waals surface area (Å²) in [4.78, 5) is 40.0. The average molecular weight is 505 g/mol. The minimum atomic E-state index is -1.02. The van der Waals surface area contributed by atoms with E-state index in [1.165, 1.54) is 0 Å². The van der Waals surface area contributed by atoms with Gasteiger partial charge >= 0.3 is 0 Å². The van der Waals surface area contributed by atoms with E-state index in [0.717, 1.165) is 24.0 Å². The number of halogens is 1. The highest BCUT2D eigenvalue weighted by Crippen LogP contribution is 2.33. The SMILES string of the molecule is O=C(NC[C@H]1C[C@@H](NC(=O)[C@@H]2C[C@H](F)CN2)CN1C(=O)C1CC1)c1ccc(C#Cc2ccnnc2)cc1. The zero-order chi connectivity index (χ0) is 25.8. The summed E-state index contributed by atoms with van der Waals surface area (Å²) in [5.41, 5.74) is 2.01. The summed E-state index contributed by atoms with van der Waals surface area (Å²) in [5.74, 6) is 5.65. The first-order chi connectivity index (χ1) is 18.0. The van der Waals surface area contributed by atoms with Gasteiger partial charge in [0.2, 0.25) is 11.8 Å². The first-order valence-corrected chi connectivity index (χ1v) is 12.6. The number of alkyl halides is 1. The van der Waals surface area contributed by atoms with E-state index in [1.54, 1.807) is 47.6 Å². The summed E-state index contributed by atoms with van der Waals surface area (Å²) in [6.07, 6.45) is 4.59. The lowest BCUT2D eigenvalue weighted by Crippen LogP contribution is -2.46. The lowest BCUT2D eigenvalue weighted by atomic mass is 10.1. The van der Waals surface area contributed by atoms with Crippen molar-refractivity contribution in [1.82, 2.24) is 31.0 Å². The standard InChI is InChI=1S/C27H29FN6O3/c28-21-11-24(29-14-21)26(36)33-22-12-23(34(16-22)27(37)20-7-8-20)15-30-25(35)19-5-3-17(4-6-19)1-2-18-9-10-31-32-13-18/h3-6,9-10,13,20-24,29H,7-8,11-12,14-16H2,(H,30,35)(H,33,36)/t21-,22+,23+,24-/m0/s1. The molecular weight excluding hydrogens is 475 g/mol. The van der Waals surface area contributed by atoms with E-state index in [4.69, 9.17) is 0 Å². The molecule has 2 saturated heterocycles. The molecule has 2 aromatic rings. The van der Waals surface area contributed by atoms with E-state index in [-0.39, 0.29) is 55.2 Å². The van der Waals surface area contributed by atoms with Gasteiger partial charge in [-0.15, -0.1) is 0 Å². The van der Waals surface area contributed by atoms with Gasteiger partial charge in [-0.3, -0.25) is 14.4 Å². The number of hydrogen-bond acceptors (Lipinski definition) is 6. The lowest BCUT2D eigenvalue weighted by molar-refractivity contribution is -0.133. The van der Waals surface area contributed by atoms with Crippen molar-refractivity contribution < 1.29 is 18.8 Å².